The molecule has 0 atom stereocenters. The predicted molar refractivity (Wildman–Crippen MR) is 61.0 cm³/mol. The zero-order chi connectivity index (χ0) is 13.1. The first-order chi connectivity index (χ1) is 8.54. The first-order valence-corrected chi connectivity index (χ1v) is 5.72. The number of carboxylic acids is 1. The molecule has 0 bridgehead atoms. The van der Waals surface area contributed by atoms with Crippen LogP contribution in [0.3, 0.4) is 0 Å². The minimum Gasteiger partial charge on any atom is -0.480 e. The second kappa shape index (κ2) is 5.18. The zero-order valence-corrected chi connectivity index (χ0v) is 9.74. The summed E-state index contributed by atoms with van der Waals surface area (Å²) in [6, 6.07) is 2.80. The van der Waals surface area contributed by atoms with Crippen molar-refractivity contribution in [2.75, 3.05) is 13.1 Å². The van der Waals surface area contributed by atoms with E-state index in [9.17, 15) is 14.9 Å². The lowest BCUT2D eigenvalue weighted by molar-refractivity contribution is -0.402. The minimum absolute atomic E-state index is 0.0784. The molecule has 1 aliphatic carbocycles. The summed E-state index contributed by atoms with van der Waals surface area (Å²) in [6.45, 7) is 0.905. The highest BCUT2D eigenvalue weighted by atomic mass is 16.6. The number of aliphatic carboxylic acids is 1. The lowest BCUT2D eigenvalue weighted by Gasteiger charge is -2.18. The summed E-state index contributed by atoms with van der Waals surface area (Å²) in [5.74, 6) is -0.249. The van der Waals surface area contributed by atoms with Gasteiger partial charge in [0.25, 0.3) is 0 Å². The molecule has 1 aromatic heterocycles. The molecule has 7 heteroatoms. The van der Waals surface area contributed by atoms with E-state index >= 15 is 0 Å². The Bertz CT molecular complexity index is 452. The normalized spacial score (nSPS) is 14.9. The predicted octanol–water partition coefficient (Wildman–Crippen LogP) is 1.48. The molecular weight excluding hydrogens is 240 g/mol. The third kappa shape index (κ3) is 3.56. The van der Waals surface area contributed by atoms with E-state index in [1.807, 2.05) is 0 Å². The van der Waals surface area contributed by atoms with Crippen molar-refractivity contribution in [3.8, 4) is 0 Å². The molecule has 0 spiro atoms. The van der Waals surface area contributed by atoms with Gasteiger partial charge in [-0.05, 0) is 24.8 Å². The van der Waals surface area contributed by atoms with Gasteiger partial charge in [-0.25, -0.2) is 0 Å². The number of rotatable bonds is 7. The van der Waals surface area contributed by atoms with Crippen LogP contribution in [-0.2, 0) is 11.3 Å². The number of nitrogens with zero attached hydrogens (tertiary/aromatic N) is 2. The average molecular weight is 254 g/mol. The smallest absolute Gasteiger partial charge is 0.433 e. The molecule has 1 heterocycles. The van der Waals surface area contributed by atoms with E-state index in [1.54, 1.807) is 4.90 Å². The molecule has 0 aliphatic heterocycles. The van der Waals surface area contributed by atoms with Crippen molar-refractivity contribution in [2.45, 2.75) is 19.4 Å². The molecule has 0 radical (unpaired) electrons. The van der Waals surface area contributed by atoms with Crippen LogP contribution in [0.25, 0.3) is 0 Å². The van der Waals surface area contributed by atoms with Crippen molar-refractivity contribution in [1.82, 2.24) is 4.90 Å². The molecule has 1 fully saturated rings. The average Bonchev–Trinajstić information content (AvgIpc) is 2.93. The molecule has 98 valence electrons. The molecule has 0 amide bonds. The summed E-state index contributed by atoms with van der Waals surface area (Å²) < 4.78 is 5.03. The van der Waals surface area contributed by atoms with Gasteiger partial charge in [-0.2, -0.15) is 0 Å². The van der Waals surface area contributed by atoms with Gasteiger partial charge in [0.15, 0.2) is 0 Å². The van der Waals surface area contributed by atoms with Crippen molar-refractivity contribution in [2.24, 2.45) is 5.92 Å². The number of furan rings is 1. The fourth-order valence-electron chi connectivity index (χ4n) is 1.81. The van der Waals surface area contributed by atoms with E-state index in [-0.39, 0.29) is 19.0 Å². The standard InChI is InChI=1S/C11H14N2O5/c14-11(15)7-12(5-8-1-2-8)6-9-3-4-10(18-9)13(16)17/h3-4,8H,1-2,5-7H2,(H,14,15). The van der Waals surface area contributed by atoms with Gasteiger partial charge >= 0.3 is 11.9 Å². The quantitative estimate of drug-likeness (QED) is 0.584. The second-order valence-electron chi connectivity index (χ2n) is 4.50. The largest absolute Gasteiger partial charge is 0.480 e. The third-order valence-electron chi connectivity index (χ3n) is 2.78. The summed E-state index contributed by atoms with van der Waals surface area (Å²) >= 11 is 0. The van der Waals surface area contributed by atoms with E-state index in [0.717, 1.165) is 12.8 Å². The van der Waals surface area contributed by atoms with Gasteiger partial charge in [-0.1, -0.05) is 0 Å². The number of carbonyl (C=O) groups is 1. The summed E-state index contributed by atoms with van der Waals surface area (Å²) in [7, 11) is 0. The Hall–Kier alpha value is -1.89. The fraction of sp³-hybridized carbons (Fsp3) is 0.545. The third-order valence-corrected chi connectivity index (χ3v) is 2.78. The molecule has 2 rings (SSSR count). The van der Waals surface area contributed by atoms with Gasteiger partial charge in [0, 0.05) is 6.54 Å². The molecule has 1 saturated carbocycles. The Morgan fingerprint density at radius 3 is 2.78 bits per heavy atom. The van der Waals surface area contributed by atoms with Crippen LogP contribution >= 0.6 is 0 Å². The molecule has 0 saturated heterocycles. The van der Waals surface area contributed by atoms with E-state index in [0.29, 0.717) is 18.2 Å². The maximum Gasteiger partial charge on any atom is 0.433 e. The van der Waals surface area contributed by atoms with Gasteiger partial charge in [-0.3, -0.25) is 19.8 Å². The van der Waals surface area contributed by atoms with Crippen LogP contribution < -0.4 is 0 Å². The van der Waals surface area contributed by atoms with E-state index in [2.05, 4.69) is 0 Å². The Labute approximate surface area is 103 Å². The maximum atomic E-state index is 10.7. The molecule has 1 aliphatic rings. The van der Waals surface area contributed by atoms with Crippen molar-refractivity contribution in [1.29, 1.82) is 0 Å². The minimum atomic E-state index is -0.906. The van der Waals surface area contributed by atoms with Crippen molar-refractivity contribution in [3.05, 3.63) is 28.0 Å². The van der Waals surface area contributed by atoms with Gasteiger partial charge < -0.3 is 9.52 Å². The molecule has 1 N–H and O–H groups in total. The van der Waals surface area contributed by atoms with Crippen LogP contribution in [0.4, 0.5) is 5.88 Å². The van der Waals surface area contributed by atoms with Gasteiger partial charge in [0.1, 0.15) is 10.7 Å². The van der Waals surface area contributed by atoms with Crippen LogP contribution in [0.5, 0.6) is 0 Å². The van der Waals surface area contributed by atoms with Gasteiger partial charge in [0.2, 0.25) is 0 Å². The highest BCUT2D eigenvalue weighted by molar-refractivity contribution is 5.69. The van der Waals surface area contributed by atoms with Crippen molar-refractivity contribution in [3.63, 3.8) is 0 Å². The number of hydrogen-bond donors (Lipinski definition) is 1. The van der Waals surface area contributed by atoms with Crippen LogP contribution in [0.1, 0.15) is 18.6 Å². The van der Waals surface area contributed by atoms with E-state index in [4.69, 9.17) is 9.52 Å². The Morgan fingerprint density at radius 2 is 2.28 bits per heavy atom. The Kier molecular flexibility index (Phi) is 3.61. The highest BCUT2D eigenvalue weighted by Crippen LogP contribution is 2.30. The topological polar surface area (TPSA) is 96.8 Å². The van der Waals surface area contributed by atoms with Crippen molar-refractivity contribution < 1.29 is 19.2 Å². The fourth-order valence-corrected chi connectivity index (χ4v) is 1.81. The monoisotopic (exact) mass is 254 g/mol. The molecule has 18 heavy (non-hydrogen) atoms. The molecule has 7 nitrogen and oxygen atoms in total. The highest BCUT2D eigenvalue weighted by Gasteiger charge is 2.26. The molecular formula is C11H14N2O5. The molecule has 0 unspecified atom stereocenters. The number of carboxylic acid groups (broad SMARTS) is 1. The zero-order valence-electron chi connectivity index (χ0n) is 9.74. The number of hydrogen-bond acceptors (Lipinski definition) is 5. The SMILES string of the molecule is O=C(O)CN(Cc1ccc([N+](=O)[O-])o1)CC1CC1. The van der Waals surface area contributed by atoms with E-state index in [1.165, 1.54) is 12.1 Å². The summed E-state index contributed by atoms with van der Waals surface area (Å²) in [5.41, 5.74) is 0. The Morgan fingerprint density at radius 1 is 1.56 bits per heavy atom. The number of nitro groups is 1. The summed E-state index contributed by atoms with van der Waals surface area (Å²) in [6.07, 6.45) is 2.24. The first kappa shape index (κ1) is 12.6. The van der Waals surface area contributed by atoms with Crippen LogP contribution in [0.2, 0.25) is 0 Å². The molecule has 1 aromatic rings. The molecule has 0 aromatic carbocycles. The van der Waals surface area contributed by atoms with Crippen LogP contribution in [-0.4, -0.2) is 34.0 Å². The second-order valence-corrected chi connectivity index (χ2v) is 4.50. The maximum absolute atomic E-state index is 10.7. The van der Waals surface area contributed by atoms with Crippen molar-refractivity contribution >= 4 is 11.9 Å². The Balaban J connectivity index is 1.96. The summed E-state index contributed by atoms with van der Waals surface area (Å²) in [4.78, 5) is 22.3. The summed E-state index contributed by atoms with van der Waals surface area (Å²) in [5, 5.41) is 19.3. The van der Waals surface area contributed by atoms with Crippen LogP contribution in [0, 0.1) is 16.0 Å². The lowest BCUT2D eigenvalue weighted by atomic mass is 10.3. The van der Waals surface area contributed by atoms with Crippen LogP contribution in [0.15, 0.2) is 16.5 Å². The first-order valence-electron chi connectivity index (χ1n) is 5.72. The lowest BCUT2D eigenvalue weighted by Crippen LogP contribution is -2.31. The van der Waals surface area contributed by atoms with Gasteiger partial charge in [0.05, 0.1) is 19.2 Å². The van der Waals surface area contributed by atoms with E-state index < -0.39 is 10.9 Å². The van der Waals surface area contributed by atoms with Gasteiger partial charge in [-0.15, -0.1) is 0 Å².